The van der Waals surface area contributed by atoms with Crippen molar-refractivity contribution in [2.24, 2.45) is 5.41 Å². The number of allylic oxidation sites excluding steroid dienone is 1. The van der Waals surface area contributed by atoms with Crippen LogP contribution in [0.25, 0.3) is 0 Å². The third kappa shape index (κ3) is 9.39. The van der Waals surface area contributed by atoms with Crippen LogP contribution in [0.5, 0.6) is 5.75 Å². The van der Waals surface area contributed by atoms with Crippen molar-refractivity contribution in [3.8, 4) is 17.6 Å². The summed E-state index contributed by atoms with van der Waals surface area (Å²) in [6, 6.07) is 17.0. The third-order valence-electron chi connectivity index (χ3n) is 5.01. The van der Waals surface area contributed by atoms with Crippen LogP contribution in [0.2, 0.25) is 13.1 Å². The van der Waals surface area contributed by atoms with Crippen LogP contribution < -0.4 is 9.92 Å². The van der Waals surface area contributed by atoms with Gasteiger partial charge in [0.05, 0.1) is 6.23 Å². The SMILES string of the molecule is CCN(C/C=C/C#CC(C)(C)C)Cc1cccc(OC[Si](C)(C)c2ccc(S)cc2)c1. The van der Waals surface area contributed by atoms with E-state index < -0.39 is 8.07 Å². The van der Waals surface area contributed by atoms with Crippen molar-refractivity contribution in [2.45, 2.75) is 52.2 Å². The van der Waals surface area contributed by atoms with Crippen LogP contribution in [-0.2, 0) is 6.54 Å². The number of thiol groups is 1. The van der Waals surface area contributed by atoms with Gasteiger partial charge in [0.25, 0.3) is 0 Å². The van der Waals surface area contributed by atoms with Crippen molar-refractivity contribution in [1.82, 2.24) is 4.90 Å². The van der Waals surface area contributed by atoms with Crippen LogP contribution in [0.4, 0.5) is 0 Å². The fourth-order valence-corrected chi connectivity index (χ4v) is 4.99. The lowest BCUT2D eigenvalue weighted by atomic mass is 9.98. The Labute approximate surface area is 196 Å². The first-order chi connectivity index (χ1) is 14.6. The normalized spacial score (nSPS) is 12.1. The molecule has 0 saturated carbocycles. The van der Waals surface area contributed by atoms with E-state index in [0.717, 1.165) is 36.5 Å². The van der Waals surface area contributed by atoms with E-state index in [1.165, 1.54) is 10.8 Å². The van der Waals surface area contributed by atoms with Gasteiger partial charge in [-0.15, -0.1) is 12.6 Å². The summed E-state index contributed by atoms with van der Waals surface area (Å²) in [5.41, 5.74) is 1.32. The molecular formula is C27H37NOSSi. The Bertz CT molecular complexity index is 917. The largest absolute Gasteiger partial charge is 0.497 e. The lowest BCUT2D eigenvalue weighted by Gasteiger charge is -2.24. The molecule has 0 atom stereocenters. The Morgan fingerprint density at radius 2 is 1.81 bits per heavy atom. The van der Waals surface area contributed by atoms with Crippen LogP contribution in [0, 0.1) is 17.3 Å². The molecule has 0 aromatic heterocycles. The average molecular weight is 452 g/mol. The molecule has 0 aliphatic heterocycles. The quantitative estimate of drug-likeness (QED) is 0.288. The van der Waals surface area contributed by atoms with Gasteiger partial charge in [0.15, 0.2) is 0 Å². The summed E-state index contributed by atoms with van der Waals surface area (Å²) in [6.45, 7) is 16.0. The Morgan fingerprint density at radius 1 is 1.10 bits per heavy atom. The third-order valence-corrected chi connectivity index (χ3v) is 8.07. The van der Waals surface area contributed by atoms with Crippen LogP contribution in [0.1, 0.15) is 33.3 Å². The highest BCUT2D eigenvalue weighted by atomic mass is 32.1. The number of hydrogen-bond acceptors (Lipinski definition) is 3. The summed E-state index contributed by atoms with van der Waals surface area (Å²) in [7, 11) is -1.67. The van der Waals surface area contributed by atoms with Crippen molar-refractivity contribution < 1.29 is 4.74 Å². The summed E-state index contributed by atoms with van der Waals surface area (Å²) in [5, 5.41) is 1.39. The molecule has 2 rings (SSSR count). The van der Waals surface area contributed by atoms with Crippen LogP contribution >= 0.6 is 12.6 Å². The van der Waals surface area contributed by atoms with E-state index >= 15 is 0 Å². The summed E-state index contributed by atoms with van der Waals surface area (Å²) < 4.78 is 6.25. The first kappa shape index (κ1) is 25.3. The Balaban J connectivity index is 1.94. The minimum atomic E-state index is -1.67. The maximum Gasteiger partial charge on any atom is 0.124 e. The molecule has 31 heavy (non-hydrogen) atoms. The molecule has 0 heterocycles. The smallest absolute Gasteiger partial charge is 0.124 e. The number of ether oxygens (including phenoxy) is 1. The first-order valence-electron chi connectivity index (χ1n) is 11.0. The fraction of sp³-hybridized carbons (Fsp3) is 0.407. The summed E-state index contributed by atoms with van der Waals surface area (Å²) >= 11 is 4.40. The average Bonchev–Trinajstić information content (AvgIpc) is 2.71. The second-order valence-electron chi connectivity index (χ2n) is 9.62. The van der Waals surface area contributed by atoms with Crippen LogP contribution in [-0.4, -0.2) is 32.3 Å². The predicted molar refractivity (Wildman–Crippen MR) is 140 cm³/mol. The van der Waals surface area contributed by atoms with Gasteiger partial charge in [-0.05, 0) is 63.2 Å². The van der Waals surface area contributed by atoms with E-state index in [9.17, 15) is 0 Å². The van der Waals surface area contributed by atoms with Gasteiger partial charge in [0.1, 0.15) is 13.8 Å². The van der Waals surface area contributed by atoms with Gasteiger partial charge >= 0.3 is 0 Å². The molecule has 0 unspecified atom stereocenters. The molecule has 166 valence electrons. The van der Waals surface area contributed by atoms with Gasteiger partial charge in [-0.3, -0.25) is 4.90 Å². The summed E-state index contributed by atoms with van der Waals surface area (Å²) in [6.07, 6.45) is 4.88. The summed E-state index contributed by atoms with van der Waals surface area (Å²) in [5.74, 6) is 7.34. The molecule has 2 aromatic carbocycles. The molecule has 0 N–H and O–H groups in total. The van der Waals surface area contributed by atoms with Crippen molar-refractivity contribution in [3.63, 3.8) is 0 Å². The number of hydrogen-bond donors (Lipinski definition) is 1. The zero-order valence-corrected chi connectivity index (χ0v) is 21.8. The molecule has 0 bridgehead atoms. The number of nitrogens with zero attached hydrogens (tertiary/aromatic N) is 1. The molecule has 2 aromatic rings. The zero-order valence-electron chi connectivity index (χ0n) is 19.9. The highest BCUT2D eigenvalue weighted by molar-refractivity contribution is 7.80. The number of benzene rings is 2. The molecule has 0 radical (unpaired) electrons. The maximum atomic E-state index is 6.25. The van der Waals surface area contributed by atoms with E-state index in [0.29, 0.717) is 0 Å². The topological polar surface area (TPSA) is 12.5 Å². The lowest BCUT2D eigenvalue weighted by Crippen LogP contribution is -2.47. The van der Waals surface area contributed by atoms with Crippen molar-refractivity contribution in [2.75, 3.05) is 19.3 Å². The molecule has 0 fully saturated rings. The van der Waals surface area contributed by atoms with Crippen molar-refractivity contribution in [3.05, 3.63) is 66.2 Å². The van der Waals surface area contributed by atoms with Crippen LogP contribution in [0.3, 0.4) is 0 Å². The minimum absolute atomic E-state index is 0.0443. The van der Waals surface area contributed by atoms with Gasteiger partial charge in [-0.25, -0.2) is 0 Å². The van der Waals surface area contributed by atoms with Crippen molar-refractivity contribution in [1.29, 1.82) is 0 Å². The van der Waals surface area contributed by atoms with Gasteiger partial charge in [-0.1, -0.05) is 67.4 Å². The molecule has 0 spiro atoms. The van der Waals surface area contributed by atoms with Gasteiger partial charge in [-0.2, -0.15) is 0 Å². The molecular weight excluding hydrogens is 414 g/mol. The monoisotopic (exact) mass is 451 g/mol. The zero-order chi connectivity index (χ0) is 22.9. The second kappa shape index (κ2) is 11.6. The Hall–Kier alpha value is -1.93. The molecule has 0 aliphatic rings. The number of rotatable bonds is 9. The Kier molecular flexibility index (Phi) is 9.49. The van der Waals surface area contributed by atoms with E-state index in [1.807, 2.05) is 6.08 Å². The predicted octanol–water partition coefficient (Wildman–Crippen LogP) is 5.94. The minimum Gasteiger partial charge on any atom is -0.497 e. The Morgan fingerprint density at radius 3 is 2.45 bits per heavy atom. The van der Waals surface area contributed by atoms with E-state index in [2.05, 4.69) is 125 Å². The summed E-state index contributed by atoms with van der Waals surface area (Å²) in [4.78, 5) is 3.39. The highest BCUT2D eigenvalue weighted by Crippen LogP contribution is 2.17. The van der Waals surface area contributed by atoms with Gasteiger partial charge in [0.2, 0.25) is 0 Å². The van der Waals surface area contributed by atoms with E-state index in [1.54, 1.807) is 0 Å². The second-order valence-corrected chi connectivity index (χ2v) is 14.8. The van der Waals surface area contributed by atoms with E-state index in [4.69, 9.17) is 4.74 Å². The molecule has 0 aliphatic carbocycles. The molecule has 2 nitrogen and oxygen atoms in total. The van der Waals surface area contributed by atoms with Gasteiger partial charge in [0, 0.05) is 23.4 Å². The lowest BCUT2D eigenvalue weighted by molar-refractivity contribution is 0.310. The van der Waals surface area contributed by atoms with Crippen LogP contribution in [0.15, 0.2) is 65.6 Å². The van der Waals surface area contributed by atoms with Gasteiger partial charge < -0.3 is 4.74 Å². The molecule has 0 saturated heterocycles. The first-order valence-corrected chi connectivity index (χ1v) is 14.7. The highest BCUT2D eigenvalue weighted by Gasteiger charge is 2.24. The molecule has 4 heteroatoms. The van der Waals surface area contributed by atoms with E-state index in [-0.39, 0.29) is 5.41 Å². The number of likely N-dealkylation sites (N-methyl/N-ethyl adjacent to an activating group) is 1. The van der Waals surface area contributed by atoms with Crippen molar-refractivity contribution >= 4 is 25.9 Å². The maximum absolute atomic E-state index is 6.25. The molecule has 0 amide bonds. The fourth-order valence-electron chi connectivity index (χ4n) is 3.08. The standard InChI is InChI=1S/C27H37NOSSi/c1-7-28(19-10-8-9-18-27(2,3)4)21-23-12-11-13-24(20-23)29-22-31(5,6)26-16-14-25(30)15-17-26/h8,10-17,20,30H,7,19,21-22H2,1-6H3/b10-8+.